The van der Waals surface area contributed by atoms with Gasteiger partial charge in [0.05, 0.1) is 28.2 Å². The number of carbonyl (C=O) groups is 2. The van der Waals surface area contributed by atoms with Crippen LogP contribution in [0.3, 0.4) is 0 Å². The molecule has 1 atom stereocenters. The minimum absolute atomic E-state index is 0.121. The zero-order chi connectivity index (χ0) is 21.7. The second-order valence-electron chi connectivity index (χ2n) is 6.41. The first-order valence-electron chi connectivity index (χ1n) is 9.01. The third-order valence-corrected chi connectivity index (χ3v) is 6.78. The van der Waals surface area contributed by atoms with Gasteiger partial charge in [-0.2, -0.15) is 0 Å². The lowest BCUT2D eigenvalue weighted by Gasteiger charge is -2.22. The topological polar surface area (TPSA) is 62.3 Å². The van der Waals surface area contributed by atoms with E-state index in [1.165, 1.54) is 29.6 Å². The van der Waals surface area contributed by atoms with Crippen LogP contribution in [0.15, 0.2) is 53.7 Å². The molecule has 0 radical (unpaired) electrons. The number of hydrogen-bond acceptors (Lipinski definition) is 5. The molecule has 1 unspecified atom stereocenters. The monoisotopic (exact) mass is 479 g/mol. The van der Waals surface area contributed by atoms with Gasteiger partial charge in [-0.05, 0) is 23.6 Å². The number of nitrogens with one attached hydrogen (secondary N) is 1. The first kappa shape index (κ1) is 22.5. The van der Waals surface area contributed by atoms with E-state index in [0.717, 1.165) is 10.4 Å². The van der Waals surface area contributed by atoms with Crippen LogP contribution < -0.4 is 10.2 Å². The summed E-state index contributed by atoms with van der Waals surface area (Å²) in [7, 11) is 0. The molecule has 2 heterocycles. The predicted molar refractivity (Wildman–Crippen MR) is 126 cm³/mol. The van der Waals surface area contributed by atoms with Gasteiger partial charge < -0.3 is 5.32 Å². The van der Waals surface area contributed by atoms with Gasteiger partial charge in [0, 0.05) is 29.3 Å². The maximum absolute atomic E-state index is 13.1. The summed E-state index contributed by atoms with van der Waals surface area (Å²) < 4.78 is 0. The summed E-state index contributed by atoms with van der Waals surface area (Å²) in [5.41, 5.74) is 1.51. The lowest BCUT2D eigenvalue weighted by Crippen LogP contribution is -2.35. The van der Waals surface area contributed by atoms with Crippen LogP contribution >= 0.6 is 45.9 Å². The minimum atomic E-state index is -0.392. The maximum Gasteiger partial charge on any atom is 0.231 e. The van der Waals surface area contributed by atoms with E-state index in [2.05, 4.69) is 16.9 Å². The first-order valence-corrected chi connectivity index (χ1v) is 11.5. The van der Waals surface area contributed by atoms with E-state index in [1.54, 1.807) is 23.1 Å². The fraction of sp³-hybridized carbons (Fsp3) is 0.190. The zero-order valence-corrected chi connectivity index (χ0v) is 19.2. The van der Waals surface area contributed by atoms with Gasteiger partial charge in [-0.25, -0.2) is 4.98 Å². The molecule has 0 aliphatic carbocycles. The van der Waals surface area contributed by atoms with Crippen molar-refractivity contribution >= 4 is 62.8 Å². The van der Waals surface area contributed by atoms with Crippen molar-refractivity contribution in [3.05, 3.63) is 68.7 Å². The number of amides is 2. The highest BCUT2D eigenvalue weighted by Crippen LogP contribution is 2.32. The summed E-state index contributed by atoms with van der Waals surface area (Å²) in [6.45, 7) is 5.51. The van der Waals surface area contributed by atoms with Crippen LogP contribution in [0, 0.1) is 0 Å². The van der Waals surface area contributed by atoms with Gasteiger partial charge in [0.1, 0.15) is 0 Å². The van der Waals surface area contributed by atoms with Gasteiger partial charge in [-0.15, -0.1) is 29.3 Å². The summed E-state index contributed by atoms with van der Waals surface area (Å²) in [5.74, 6) is -0.343. The van der Waals surface area contributed by atoms with E-state index in [-0.39, 0.29) is 18.2 Å². The second kappa shape index (κ2) is 10.2. The molecule has 1 aromatic carbocycles. The molecular formula is C21H19Cl2N3O2S2. The molecule has 3 rings (SSSR count). The van der Waals surface area contributed by atoms with Crippen LogP contribution in [0.4, 0.5) is 5.13 Å². The molecule has 2 amide bonds. The lowest BCUT2D eigenvalue weighted by atomic mass is 10.1. The number of anilines is 1. The Morgan fingerprint density at radius 1 is 1.27 bits per heavy atom. The fourth-order valence-corrected chi connectivity index (χ4v) is 4.77. The molecule has 0 saturated heterocycles. The van der Waals surface area contributed by atoms with Gasteiger partial charge in [0.15, 0.2) is 5.13 Å². The van der Waals surface area contributed by atoms with Crippen molar-refractivity contribution in [2.45, 2.75) is 19.4 Å². The number of halogens is 2. The van der Waals surface area contributed by atoms with Crippen LogP contribution in [0.5, 0.6) is 0 Å². The smallest absolute Gasteiger partial charge is 0.231 e. The Bertz CT molecular complexity index is 1050. The first-order chi connectivity index (χ1) is 14.4. The Kier molecular flexibility index (Phi) is 7.66. The molecule has 5 nitrogen and oxygen atoms in total. The van der Waals surface area contributed by atoms with Crippen molar-refractivity contribution in [3.8, 4) is 11.3 Å². The van der Waals surface area contributed by atoms with Crippen molar-refractivity contribution in [2.24, 2.45) is 0 Å². The Balaban J connectivity index is 1.83. The summed E-state index contributed by atoms with van der Waals surface area (Å²) in [6, 6.07) is 8.69. The molecular weight excluding hydrogens is 461 g/mol. The molecule has 0 bridgehead atoms. The van der Waals surface area contributed by atoms with E-state index in [4.69, 9.17) is 23.2 Å². The number of benzene rings is 1. The lowest BCUT2D eigenvalue weighted by molar-refractivity contribution is -0.121. The Morgan fingerprint density at radius 2 is 2.07 bits per heavy atom. The molecule has 30 heavy (non-hydrogen) atoms. The highest BCUT2D eigenvalue weighted by molar-refractivity contribution is 7.14. The van der Waals surface area contributed by atoms with E-state index in [1.807, 2.05) is 29.0 Å². The molecule has 0 fully saturated rings. The van der Waals surface area contributed by atoms with E-state index in [0.29, 0.717) is 27.4 Å². The number of thiophene rings is 1. The van der Waals surface area contributed by atoms with E-state index >= 15 is 0 Å². The summed E-state index contributed by atoms with van der Waals surface area (Å²) >= 11 is 15.0. The largest absolute Gasteiger partial charge is 0.348 e. The average Bonchev–Trinajstić information content (AvgIpc) is 3.39. The SMILES string of the molecule is C=CCN(C(=O)CC(NC(C)=O)c1cccs1)c1nc(-c2ccc(Cl)c(Cl)c2)cs1. The molecule has 156 valence electrons. The number of nitrogens with zero attached hydrogens (tertiary/aromatic N) is 2. The van der Waals surface area contributed by atoms with Crippen LogP contribution in [0.2, 0.25) is 10.0 Å². The Labute approximate surface area is 193 Å². The standard InChI is InChI=1S/C21H19Cl2N3O2S2/c1-3-8-26(20(28)11-17(24-13(2)27)19-5-4-9-29-19)21-25-18(12-30-21)14-6-7-15(22)16(23)10-14/h3-7,9-10,12,17H,1,8,11H2,2H3,(H,24,27). The molecule has 0 aliphatic rings. The van der Waals surface area contributed by atoms with Crippen molar-refractivity contribution in [3.63, 3.8) is 0 Å². The van der Waals surface area contributed by atoms with Crippen molar-refractivity contribution < 1.29 is 9.59 Å². The number of rotatable bonds is 8. The van der Waals surface area contributed by atoms with Crippen molar-refractivity contribution in [1.29, 1.82) is 0 Å². The van der Waals surface area contributed by atoms with Crippen molar-refractivity contribution in [2.75, 3.05) is 11.4 Å². The third kappa shape index (κ3) is 5.49. The number of hydrogen-bond donors (Lipinski definition) is 1. The van der Waals surface area contributed by atoms with E-state index < -0.39 is 6.04 Å². The van der Waals surface area contributed by atoms with Crippen LogP contribution in [0.1, 0.15) is 24.3 Å². The zero-order valence-electron chi connectivity index (χ0n) is 16.1. The van der Waals surface area contributed by atoms with Crippen molar-refractivity contribution in [1.82, 2.24) is 10.3 Å². The fourth-order valence-electron chi connectivity index (χ4n) is 2.83. The molecule has 2 aromatic heterocycles. The minimum Gasteiger partial charge on any atom is -0.348 e. The number of carbonyl (C=O) groups excluding carboxylic acids is 2. The third-order valence-electron chi connectivity index (χ3n) is 4.19. The summed E-state index contributed by atoms with van der Waals surface area (Å²) in [4.78, 5) is 31.9. The maximum atomic E-state index is 13.1. The molecule has 0 saturated carbocycles. The molecule has 0 spiro atoms. The van der Waals surface area contributed by atoms with Crippen LogP contribution in [-0.2, 0) is 9.59 Å². The highest BCUT2D eigenvalue weighted by atomic mass is 35.5. The predicted octanol–water partition coefficient (Wildman–Crippen LogP) is 5.96. The Morgan fingerprint density at radius 3 is 2.70 bits per heavy atom. The molecule has 9 heteroatoms. The van der Waals surface area contributed by atoms with Gasteiger partial charge in [0.25, 0.3) is 0 Å². The number of aromatic nitrogens is 1. The average molecular weight is 480 g/mol. The summed E-state index contributed by atoms with van der Waals surface area (Å²) in [6.07, 6.45) is 1.77. The van der Waals surface area contributed by atoms with Gasteiger partial charge >= 0.3 is 0 Å². The normalized spacial score (nSPS) is 11.7. The second-order valence-corrected chi connectivity index (χ2v) is 9.04. The van der Waals surface area contributed by atoms with Gasteiger partial charge in [0.2, 0.25) is 11.8 Å². The van der Waals surface area contributed by atoms with Gasteiger partial charge in [-0.1, -0.05) is 41.4 Å². The van der Waals surface area contributed by atoms with Crippen LogP contribution in [-0.4, -0.2) is 23.3 Å². The van der Waals surface area contributed by atoms with Gasteiger partial charge in [-0.3, -0.25) is 14.5 Å². The van der Waals surface area contributed by atoms with E-state index in [9.17, 15) is 9.59 Å². The van der Waals surface area contributed by atoms with Crippen LogP contribution in [0.25, 0.3) is 11.3 Å². The molecule has 1 N–H and O–H groups in total. The molecule has 3 aromatic rings. The Hall–Kier alpha value is -2.19. The quantitative estimate of drug-likeness (QED) is 0.405. The summed E-state index contributed by atoms with van der Waals surface area (Å²) in [5, 5.41) is 8.10. The highest BCUT2D eigenvalue weighted by Gasteiger charge is 2.24. The molecule has 0 aliphatic heterocycles. The number of thiazole rings is 1.